The van der Waals surface area contributed by atoms with Crippen LogP contribution < -0.4 is 23.7 Å². The highest BCUT2D eigenvalue weighted by atomic mass is 16.5. The molecule has 0 aliphatic carbocycles. The summed E-state index contributed by atoms with van der Waals surface area (Å²) in [6.45, 7) is 0.569. The molecule has 0 unspecified atom stereocenters. The number of carboxylic acid groups (broad SMARTS) is 1. The van der Waals surface area contributed by atoms with Gasteiger partial charge in [0, 0.05) is 30.8 Å². The van der Waals surface area contributed by atoms with Gasteiger partial charge in [-0.3, -0.25) is 14.4 Å². The SMILES string of the molecule is COc1cc(OC)c(OC)cc1C=C1Oc2cc(OCC(=O)N3CCC(C(=O)O)CC3)ccc2C1=O. The van der Waals surface area contributed by atoms with Crippen molar-refractivity contribution in [3.8, 4) is 28.7 Å². The molecule has 2 aromatic carbocycles. The van der Waals surface area contributed by atoms with E-state index in [2.05, 4.69) is 0 Å². The summed E-state index contributed by atoms with van der Waals surface area (Å²) in [5, 5.41) is 9.10. The van der Waals surface area contributed by atoms with E-state index >= 15 is 0 Å². The zero-order valence-corrected chi connectivity index (χ0v) is 20.2. The lowest BCUT2D eigenvalue weighted by molar-refractivity contribution is -0.146. The number of allylic oxidation sites excluding steroid dienone is 1. The lowest BCUT2D eigenvalue weighted by atomic mass is 9.97. The second-order valence-electron chi connectivity index (χ2n) is 8.33. The normalized spacial score (nSPS) is 16.4. The first-order valence-electron chi connectivity index (χ1n) is 11.4. The highest BCUT2D eigenvalue weighted by molar-refractivity contribution is 6.14. The second-order valence-corrected chi connectivity index (χ2v) is 8.33. The number of likely N-dealkylation sites (tertiary alicyclic amines) is 1. The van der Waals surface area contributed by atoms with Crippen LogP contribution in [0.1, 0.15) is 28.8 Å². The highest BCUT2D eigenvalue weighted by Gasteiger charge is 2.29. The van der Waals surface area contributed by atoms with Crippen molar-refractivity contribution in [2.45, 2.75) is 12.8 Å². The van der Waals surface area contributed by atoms with E-state index in [1.54, 1.807) is 41.3 Å². The number of hydrogen-bond donors (Lipinski definition) is 1. The number of carbonyl (C=O) groups is 3. The second kappa shape index (κ2) is 10.6. The van der Waals surface area contributed by atoms with Crippen LogP contribution in [0.3, 0.4) is 0 Å². The van der Waals surface area contributed by atoms with Crippen LogP contribution in [0.4, 0.5) is 0 Å². The average Bonchev–Trinajstić information content (AvgIpc) is 3.21. The van der Waals surface area contributed by atoms with Gasteiger partial charge in [-0.15, -0.1) is 0 Å². The van der Waals surface area contributed by atoms with Crippen LogP contribution in [0.2, 0.25) is 0 Å². The van der Waals surface area contributed by atoms with Gasteiger partial charge in [-0.1, -0.05) is 0 Å². The molecular formula is C26H27NO9. The number of fused-ring (bicyclic) bond motifs is 1. The number of ketones is 1. The summed E-state index contributed by atoms with van der Waals surface area (Å²) in [6, 6.07) is 8.09. The number of carboxylic acids is 1. The minimum absolute atomic E-state index is 0.102. The number of carbonyl (C=O) groups excluding carboxylic acids is 2. The molecule has 2 aromatic rings. The third-order valence-electron chi connectivity index (χ3n) is 6.22. The fraction of sp³-hybridized carbons (Fsp3) is 0.346. The number of benzene rings is 2. The molecule has 0 atom stereocenters. The van der Waals surface area contributed by atoms with E-state index in [1.165, 1.54) is 21.3 Å². The van der Waals surface area contributed by atoms with Gasteiger partial charge in [0.05, 0.1) is 32.8 Å². The van der Waals surface area contributed by atoms with Gasteiger partial charge in [0.2, 0.25) is 5.78 Å². The fourth-order valence-corrected chi connectivity index (χ4v) is 4.18. The number of aliphatic carboxylic acids is 1. The van der Waals surface area contributed by atoms with Crippen LogP contribution in [0.15, 0.2) is 36.1 Å². The van der Waals surface area contributed by atoms with Gasteiger partial charge >= 0.3 is 5.97 Å². The average molecular weight is 498 g/mol. The molecule has 2 aliphatic heterocycles. The summed E-state index contributed by atoms with van der Waals surface area (Å²) in [5.41, 5.74) is 0.940. The Balaban J connectivity index is 1.44. The lowest BCUT2D eigenvalue weighted by Gasteiger charge is -2.30. The summed E-state index contributed by atoms with van der Waals surface area (Å²) in [5.74, 6) is 0.460. The number of nitrogens with zero attached hydrogens (tertiary/aromatic N) is 1. The number of amides is 1. The predicted molar refractivity (Wildman–Crippen MR) is 128 cm³/mol. The van der Waals surface area contributed by atoms with Crippen molar-refractivity contribution >= 4 is 23.7 Å². The molecule has 1 amide bonds. The van der Waals surface area contributed by atoms with Crippen molar-refractivity contribution in [1.29, 1.82) is 0 Å². The van der Waals surface area contributed by atoms with Gasteiger partial charge < -0.3 is 33.7 Å². The van der Waals surface area contributed by atoms with Crippen LogP contribution in [0, 0.1) is 5.92 Å². The van der Waals surface area contributed by atoms with Gasteiger partial charge in [-0.2, -0.15) is 0 Å². The van der Waals surface area contributed by atoms with Gasteiger partial charge in [0.25, 0.3) is 5.91 Å². The van der Waals surface area contributed by atoms with Crippen LogP contribution in [-0.4, -0.2) is 68.7 Å². The van der Waals surface area contributed by atoms with Crippen molar-refractivity contribution < 1.29 is 43.2 Å². The van der Waals surface area contributed by atoms with Crippen molar-refractivity contribution in [3.63, 3.8) is 0 Å². The number of rotatable bonds is 8. The van der Waals surface area contributed by atoms with E-state index in [9.17, 15) is 14.4 Å². The highest BCUT2D eigenvalue weighted by Crippen LogP contribution is 2.39. The Bertz CT molecular complexity index is 1210. The molecule has 1 fully saturated rings. The molecule has 4 rings (SSSR count). The Hall–Kier alpha value is -4.21. The van der Waals surface area contributed by atoms with E-state index in [0.29, 0.717) is 65.8 Å². The maximum absolute atomic E-state index is 12.9. The zero-order chi connectivity index (χ0) is 25.8. The molecule has 2 heterocycles. The lowest BCUT2D eigenvalue weighted by Crippen LogP contribution is -2.42. The number of methoxy groups -OCH3 is 3. The molecule has 36 heavy (non-hydrogen) atoms. The van der Waals surface area contributed by atoms with Crippen molar-refractivity contribution in [2.75, 3.05) is 41.0 Å². The number of ether oxygens (including phenoxy) is 5. The summed E-state index contributed by atoms with van der Waals surface area (Å²) >= 11 is 0. The topological polar surface area (TPSA) is 121 Å². The molecule has 1 saturated heterocycles. The molecule has 0 aromatic heterocycles. The third kappa shape index (κ3) is 5.07. The maximum atomic E-state index is 12.9. The summed E-state index contributed by atoms with van der Waals surface area (Å²) in [7, 11) is 4.54. The Morgan fingerprint density at radius 2 is 1.69 bits per heavy atom. The zero-order valence-electron chi connectivity index (χ0n) is 20.2. The number of hydrogen-bond acceptors (Lipinski definition) is 8. The number of Topliss-reactive ketones (excluding diaryl/α,β-unsaturated/α-hetero) is 1. The fourth-order valence-electron chi connectivity index (χ4n) is 4.18. The Labute approximate surface area is 208 Å². The molecular weight excluding hydrogens is 470 g/mol. The standard InChI is InChI=1S/C26H27NO9/c1-32-19-13-22(34-3)21(33-2)10-16(19)11-23-25(29)18-5-4-17(12-20(18)36-23)35-14-24(28)27-8-6-15(7-9-27)26(30)31/h4-5,10-13,15H,6-9,14H2,1-3H3,(H,30,31). The van der Waals surface area contributed by atoms with Crippen LogP contribution in [0.25, 0.3) is 6.08 Å². The van der Waals surface area contributed by atoms with Crippen molar-refractivity contribution in [2.24, 2.45) is 5.92 Å². The summed E-state index contributed by atoms with van der Waals surface area (Å²) in [4.78, 5) is 38.1. The monoisotopic (exact) mass is 497 g/mol. The Morgan fingerprint density at radius 1 is 1.03 bits per heavy atom. The van der Waals surface area contributed by atoms with Crippen LogP contribution >= 0.6 is 0 Å². The smallest absolute Gasteiger partial charge is 0.306 e. The van der Waals surface area contributed by atoms with E-state index in [4.69, 9.17) is 28.8 Å². The van der Waals surface area contributed by atoms with E-state index in [-0.39, 0.29) is 24.1 Å². The van der Waals surface area contributed by atoms with Gasteiger partial charge in [0.1, 0.15) is 17.2 Å². The largest absolute Gasteiger partial charge is 0.496 e. The van der Waals surface area contributed by atoms with Crippen LogP contribution in [-0.2, 0) is 9.59 Å². The van der Waals surface area contributed by atoms with Crippen LogP contribution in [0.5, 0.6) is 28.7 Å². The summed E-state index contributed by atoms with van der Waals surface area (Å²) in [6.07, 6.45) is 2.42. The molecule has 10 nitrogen and oxygen atoms in total. The summed E-state index contributed by atoms with van der Waals surface area (Å²) < 4.78 is 27.5. The molecule has 1 N–H and O–H groups in total. The molecule has 0 saturated carbocycles. The predicted octanol–water partition coefficient (Wildman–Crippen LogP) is 3.03. The first-order chi connectivity index (χ1) is 17.3. The Kier molecular flexibility index (Phi) is 7.33. The molecule has 190 valence electrons. The quantitative estimate of drug-likeness (QED) is 0.549. The molecule has 0 spiro atoms. The van der Waals surface area contributed by atoms with Gasteiger partial charge in [-0.05, 0) is 37.1 Å². The number of piperidine rings is 1. The van der Waals surface area contributed by atoms with E-state index in [1.807, 2.05) is 0 Å². The first kappa shape index (κ1) is 24.9. The first-order valence-corrected chi connectivity index (χ1v) is 11.4. The van der Waals surface area contributed by atoms with Gasteiger partial charge in [-0.25, -0.2) is 0 Å². The molecule has 0 radical (unpaired) electrons. The van der Waals surface area contributed by atoms with E-state index < -0.39 is 11.9 Å². The minimum atomic E-state index is -0.830. The third-order valence-corrected chi connectivity index (χ3v) is 6.22. The molecule has 0 bridgehead atoms. The maximum Gasteiger partial charge on any atom is 0.306 e. The Morgan fingerprint density at radius 3 is 2.33 bits per heavy atom. The van der Waals surface area contributed by atoms with Gasteiger partial charge in [0.15, 0.2) is 23.9 Å². The van der Waals surface area contributed by atoms with Crippen molar-refractivity contribution in [3.05, 3.63) is 47.2 Å². The van der Waals surface area contributed by atoms with Crippen molar-refractivity contribution in [1.82, 2.24) is 4.90 Å². The van der Waals surface area contributed by atoms with E-state index in [0.717, 1.165) is 0 Å². The minimum Gasteiger partial charge on any atom is -0.496 e. The molecule has 10 heteroatoms. The molecule has 2 aliphatic rings.